The number of thiazole rings is 1. The highest BCUT2D eigenvalue weighted by molar-refractivity contribution is 7.21. The molecule has 0 bridgehead atoms. The second kappa shape index (κ2) is 5.31. The van der Waals surface area contributed by atoms with Crippen molar-refractivity contribution in [2.45, 2.75) is 6.92 Å². The molecule has 5 heteroatoms. The summed E-state index contributed by atoms with van der Waals surface area (Å²) in [6, 6.07) is 11.3. The normalized spacial score (nSPS) is 10.9. The van der Waals surface area contributed by atoms with Gasteiger partial charge in [0.15, 0.2) is 0 Å². The maximum absolute atomic E-state index is 6.03. The number of aromatic nitrogens is 1. The van der Waals surface area contributed by atoms with Crippen LogP contribution in [0.3, 0.4) is 0 Å². The number of halogens is 1. The van der Waals surface area contributed by atoms with Gasteiger partial charge in [0, 0.05) is 16.3 Å². The molecule has 0 saturated carbocycles. The molecule has 0 aliphatic carbocycles. The van der Waals surface area contributed by atoms with E-state index in [4.69, 9.17) is 22.1 Å². The summed E-state index contributed by atoms with van der Waals surface area (Å²) in [5.41, 5.74) is 8.49. The van der Waals surface area contributed by atoms with Crippen molar-refractivity contribution in [3.05, 3.63) is 41.4 Å². The summed E-state index contributed by atoms with van der Waals surface area (Å²) in [5.74, 6) is 0.856. The predicted octanol–water partition coefficient (Wildman–Crippen LogP) is 4.60. The highest BCUT2D eigenvalue weighted by Gasteiger charge is 2.10. The fourth-order valence-electron chi connectivity index (χ4n) is 1.99. The van der Waals surface area contributed by atoms with Crippen LogP contribution in [0.5, 0.6) is 5.75 Å². The van der Waals surface area contributed by atoms with Gasteiger partial charge in [-0.3, -0.25) is 0 Å². The molecule has 2 N–H and O–H groups in total. The Morgan fingerprint density at radius 1 is 1.25 bits per heavy atom. The van der Waals surface area contributed by atoms with E-state index in [1.54, 1.807) is 23.5 Å². The average molecular weight is 305 g/mol. The second-order valence-electron chi connectivity index (χ2n) is 4.31. The van der Waals surface area contributed by atoms with Gasteiger partial charge >= 0.3 is 0 Å². The summed E-state index contributed by atoms with van der Waals surface area (Å²) in [6.07, 6.45) is 0. The lowest BCUT2D eigenvalue weighted by atomic mass is 10.2. The van der Waals surface area contributed by atoms with E-state index in [1.165, 1.54) is 0 Å². The van der Waals surface area contributed by atoms with Gasteiger partial charge in [-0.1, -0.05) is 11.6 Å². The molecular formula is C15H13ClN2OS. The average Bonchev–Trinajstić information content (AvgIpc) is 2.85. The van der Waals surface area contributed by atoms with Gasteiger partial charge in [-0.25, -0.2) is 4.98 Å². The van der Waals surface area contributed by atoms with Crippen LogP contribution < -0.4 is 10.5 Å². The van der Waals surface area contributed by atoms with E-state index in [9.17, 15) is 0 Å². The molecule has 1 heterocycles. The van der Waals surface area contributed by atoms with Crippen molar-refractivity contribution in [1.82, 2.24) is 4.98 Å². The van der Waals surface area contributed by atoms with Crippen LogP contribution in [0, 0.1) is 0 Å². The Labute approximate surface area is 126 Å². The van der Waals surface area contributed by atoms with Crippen LogP contribution in [-0.4, -0.2) is 11.6 Å². The van der Waals surface area contributed by atoms with E-state index >= 15 is 0 Å². The van der Waals surface area contributed by atoms with Crippen molar-refractivity contribution in [2.75, 3.05) is 12.3 Å². The lowest BCUT2D eigenvalue weighted by Crippen LogP contribution is -1.90. The SMILES string of the molecule is CCOc1ccc2nc(-c3cc(Cl)ccc3N)sc2c1. The molecule has 3 rings (SSSR count). The Hall–Kier alpha value is -1.78. The van der Waals surface area contributed by atoms with Gasteiger partial charge in [-0.15, -0.1) is 11.3 Å². The minimum atomic E-state index is 0.651. The Kier molecular flexibility index (Phi) is 3.51. The quantitative estimate of drug-likeness (QED) is 0.719. The second-order valence-corrected chi connectivity index (χ2v) is 5.78. The van der Waals surface area contributed by atoms with E-state index in [-0.39, 0.29) is 0 Å². The fraction of sp³-hybridized carbons (Fsp3) is 0.133. The smallest absolute Gasteiger partial charge is 0.126 e. The molecule has 2 aromatic carbocycles. The van der Waals surface area contributed by atoms with Crippen molar-refractivity contribution < 1.29 is 4.74 Å². The molecule has 0 unspecified atom stereocenters. The van der Waals surface area contributed by atoms with Gasteiger partial charge in [0.05, 0.1) is 16.8 Å². The van der Waals surface area contributed by atoms with Crippen LogP contribution in [-0.2, 0) is 0 Å². The number of nitrogens with two attached hydrogens (primary N) is 1. The zero-order valence-corrected chi connectivity index (χ0v) is 12.5. The number of hydrogen-bond donors (Lipinski definition) is 1. The van der Waals surface area contributed by atoms with Crippen LogP contribution in [0.15, 0.2) is 36.4 Å². The first-order chi connectivity index (χ1) is 9.67. The van der Waals surface area contributed by atoms with Crippen LogP contribution >= 0.6 is 22.9 Å². The zero-order chi connectivity index (χ0) is 14.1. The van der Waals surface area contributed by atoms with Crippen molar-refractivity contribution in [1.29, 1.82) is 0 Å². The predicted molar refractivity (Wildman–Crippen MR) is 85.6 cm³/mol. The van der Waals surface area contributed by atoms with Gasteiger partial charge in [-0.2, -0.15) is 0 Å². The maximum atomic E-state index is 6.03. The monoisotopic (exact) mass is 304 g/mol. The molecule has 0 spiro atoms. The Balaban J connectivity index is 2.10. The number of rotatable bonds is 3. The molecule has 3 aromatic rings. The highest BCUT2D eigenvalue weighted by atomic mass is 35.5. The number of ether oxygens (including phenoxy) is 1. The summed E-state index contributed by atoms with van der Waals surface area (Å²) in [6.45, 7) is 2.62. The van der Waals surface area contributed by atoms with E-state index in [0.717, 1.165) is 26.5 Å². The Morgan fingerprint density at radius 3 is 2.90 bits per heavy atom. The zero-order valence-electron chi connectivity index (χ0n) is 10.9. The molecule has 0 radical (unpaired) electrons. The first-order valence-corrected chi connectivity index (χ1v) is 7.45. The van der Waals surface area contributed by atoms with Crippen molar-refractivity contribution >= 4 is 38.8 Å². The number of benzene rings is 2. The number of nitrogen functional groups attached to an aromatic ring is 1. The Bertz CT molecular complexity index is 770. The lowest BCUT2D eigenvalue weighted by Gasteiger charge is -2.01. The minimum Gasteiger partial charge on any atom is -0.494 e. The molecule has 0 aliphatic rings. The van der Waals surface area contributed by atoms with Crippen LogP contribution in [0.4, 0.5) is 5.69 Å². The van der Waals surface area contributed by atoms with Gasteiger partial charge in [0.25, 0.3) is 0 Å². The molecule has 0 amide bonds. The molecule has 1 aromatic heterocycles. The van der Waals surface area contributed by atoms with E-state index in [1.807, 2.05) is 31.2 Å². The van der Waals surface area contributed by atoms with E-state index in [0.29, 0.717) is 17.3 Å². The van der Waals surface area contributed by atoms with Crippen LogP contribution in [0.2, 0.25) is 5.02 Å². The minimum absolute atomic E-state index is 0.651. The number of fused-ring (bicyclic) bond motifs is 1. The van der Waals surface area contributed by atoms with Crippen LogP contribution in [0.25, 0.3) is 20.8 Å². The Morgan fingerprint density at radius 2 is 2.10 bits per heavy atom. The first-order valence-electron chi connectivity index (χ1n) is 6.26. The topological polar surface area (TPSA) is 48.1 Å². The molecule has 0 saturated heterocycles. The van der Waals surface area contributed by atoms with Crippen molar-refractivity contribution in [2.24, 2.45) is 0 Å². The summed E-state index contributed by atoms with van der Waals surface area (Å²) >= 11 is 7.62. The third kappa shape index (κ3) is 2.44. The molecule has 0 atom stereocenters. The van der Waals surface area contributed by atoms with Crippen molar-refractivity contribution in [3.63, 3.8) is 0 Å². The van der Waals surface area contributed by atoms with Gasteiger partial charge in [0.1, 0.15) is 10.8 Å². The van der Waals surface area contributed by atoms with Crippen molar-refractivity contribution in [3.8, 4) is 16.3 Å². The summed E-state index contributed by atoms with van der Waals surface area (Å²) in [7, 11) is 0. The lowest BCUT2D eigenvalue weighted by molar-refractivity contribution is 0.341. The van der Waals surface area contributed by atoms with Gasteiger partial charge < -0.3 is 10.5 Å². The van der Waals surface area contributed by atoms with E-state index in [2.05, 4.69) is 4.98 Å². The molecule has 3 nitrogen and oxygen atoms in total. The summed E-state index contributed by atoms with van der Waals surface area (Å²) < 4.78 is 6.58. The number of anilines is 1. The molecule has 0 fully saturated rings. The fourth-order valence-corrected chi connectivity index (χ4v) is 3.19. The third-order valence-electron chi connectivity index (χ3n) is 2.92. The van der Waals surface area contributed by atoms with Gasteiger partial charge in [0.2, 0.25) is 0 Å². The largest absolute Gasteiger partial charge is 0.494 e. The maximum Gasteiger partial charge on any atom is 0.126 e. The standard InChI is InChI=1S/C15H13ClN2OS/c1-2-19-10-4-6-13-14(8-10)20-15(18-13)11-7-9(16)3-5-12(11)17/h3-8H,2,17H2,1H3. The summed E-state index contributed by atoms with van der Waals surface area (Å²) in [5, 5.41) is 1.53. The highest BCUT2D eigenvalue weighted by Crippen LogP contribution is 2.36. The third-order valence-corrected chi connectivity index (χ3v) is 4.20. The first kappa shape index (κ1) is 13.2. The molecule has 0 aliphatic heterocycles. The van der Waals surface area contributed by atoms with Gasteiger partial charge in [-0.05, 0) is 43.3 Å². The van der Waals surface area contributed by atoms with E-state index < -0.39 is 0 Å². The van der Waals surface area contributed by atoms with Crippen LogP contribution in [0.1, 0.15) is 6.92 Å². The number of hydrogen-bond acceptors (Lipinski definition) is 4. The molecular weight excluding hydrogens is 292 g/mol. The number of nitrogens with zero attached hydrogens (tertiary/aromatic N) is 1. The molecule has 102 valence electrons. The summed E-state index contributed by atoms with van der Waals surface area (Å²) in [4.78, 5) is 4.61. The molecule has 20 heavy (non-hydrogen) atoms.